The zero-order chi connectivity index (χ0) is 14.7. The Balaban J connectivity index is 2.25. The molecule has 2 aromatic rings. The van der Waals surface area contributed by atoms with Crippen LogP contribution in [0, 0.1) is 6.92 Å². The van der Waals surface area contributed by atoms with Crippen LogP contribution in [0.15, 0.2) is 28.7 Å². The van der Waals surface area contributed by atoms with Crippen LogP contribution >= 0.6 is 15.9 Å². The van der Waals surface area contributed by atoms with Crippen molar-refractivity contribution < 1.29 is 4.79 Å². The number of carbonyl (C=O) groups excluding carboxylic acids is 1. The highest BCUT2D eigenvalue weighted by Gasteiger charge is 2.13. The van der Waals surface area contributed by atoms with Crippen LogP contribution in [0.1, 0.15) is 41.2 Å². The van der Waals surface area contributed by atoms with Crippen molar-refractivity contribution in [2.24, 2.45) is 0 Å². The molecule has 1 heterocycles. The van der Waals surface area contributed by atoms with Crippen molar-refractivity contribution in [3.63, 3.8) is 0 Å². The molecule has 2 rings (SSSR count). The predicted molar refractivity (Wildman–Crippen MR) is 84.2 cm³/mol. The highest BCUT2D eigenvalue weighted by Crippen LogP contribution is 2.17. The van der Waals surface area contributed by atoms with Gasteiger partial charge in [0.2, 0.25) is 0 Å². The standard InChI is InChI=1S/C16H19BrN2O/c1-4-14-9-15(19(5-2)18-14)10-16(20)12-6-11(3)7-13(17)8-12/h6-9H,4-5,10H2,1-3H3. The maximum Gasteiger partial charge on any atom is 0.168 e. The highest BCUT2D eigenvalue weighted by molar-refractivity contribution is 9.10. The van der Waals surface area contributed by atoms with Gasteiger partial charge in [0.25, 0.3) is 0 Å². The van der Waals surface area contributed by atoms with Crippen molar-refractivity contribution in [1.29, 1.82) is 0 Å². The van der Waals surface area contributed by atoms with E-state index in [4.69, 9.17) is 0 Å². The molecule has 106 valence electrons. The van der Waals surface area contributed by atoms with E-state index in [1.807, 2.05) is 42.8 Å². The Kier molecular flexibility index (Phi) is 4.76. The number of aryl methyl sites for hydroxylation is 3. The van der Waals surface area contributed by atoms with E-state index < -0.39 is 0 Å². The molecule has 0 aliphatic heterocycles. The van der Waals surface area contributed by atoms with Gasteiger partial charge in [-0.05, 0) is 50.1 Å². The Hall–Kier alpha value is -1.42. The smallest absolute Gasteiger partial charge is 0.168 e. The quantitative estimate of drug-likeness (QED) is 0.775. The molecule has 0 saturated heterocycles. The first-order valence-electron chi connectivity index (χ1n) is 6.89. The Morgan fingerprint density at radius 3 is 2.60 bits per heavy atom. The molecule has 4 heteroatoms. The summed E-state index contributed by atoms with van der Waals surface area (Å²) in [4.78, 5) is 12.4. The Morgan fingerprint density at radius 1 is 1.25 bits per heavy atom. The summed E-state index contributed by atoms with van der Waals surface area (Å²) < 4.78 is 2.86. The second-order valence-electron chi connectivity index (χ2n) is 4.91. The van der Waals surface area contributed by atoms with Crippen molar-refractivity contribution in [1.82, 2.24) is 9.78 Å². The topological polar surface area (TPSA) is 34.9 Å². The predicted octanol–water partition coefficient (Wildman–Crippen LogP) is 3.96. The van der Waals surface area contributed by atoms with Crippen molar-refractivity contribution >= 4 is 21.7 Å². The minimum atomic E-state index is 0.131. The van der Waals surface area contributed by atoms with E-state index >= 15 is 0 Å². The fraction of sp³-hybridized carbons (Fsp3) is 0.375. The van der Waals surface area contributed by atoms with Crippen LogP contribution in [0.5, 0.6) is 0 Å². The molecule has 0 radical (unpaired) electrons. The average Bonchev–Trinajstić information content (AvgIpc) is 2.79. The molecule has 0 atom stereocenters. The van der Waals surface area contributed by atoms with Crippen molar-refractivity contribution in [3.8, 4) is 0 Å². The molecule has 0 saturated carbocycles. The maximum atomic E-state index is 12.4. The number of halogens is 1. The van der Waals surface area contributed by atoms with E-state index in [9.17, 15) is 4.79 Å². The van der Waals surface area contributed by atoms with Gasteiger partial charge in [-0.2, -0.15) is 5.10 Å². The molecule has 0 aliphatic rings. The normalized spacial score (nSPS) is 10.8. The van der Waals surface area contributed by atoms with Crippen LogP contribution in [0.4, 0.5) is 0 Å². The molecule has 0 spiro atoms. The third kappa shape index (κ3) is 3.37. The summed E-state index contributed by atoms with van der Waals surface area (Å²) in [5.41, 5.74) is 3.87. The lowest BCUT2D eigenvalue weighted by Crippen LogP contribution is -2.10. The summed E-state index contributed by atoms with van der Waals surface area (Å²) in [7, 11) is 0. The molecule has 0 N–H and O–H groups in total. The third-order valence-corrected chi connectivity index (χ3v) is 3.74. The van der Waals surface area contributed by atoms with Crippen LogP contribution < -0.4 is 0 Å². The van der Waals surface area contributed by atoms with Gasteiger partial charge < -0.3 is 0 Å². The zero-order valence-electron chi connectivity index (χ0n) is 12.1. The van der Waals surface area contributed by atoms with Crippen LogP contribution in [-0.4, -0.2) is 15.6 Å². The number of hydrogen-bond donors (Lipinski definition) is 0. The van der Waals surface area contributed by atoms with Gasteiger partial charge in [0.1, 0.15) is 0 Å². The second-order valence-corrected chi connectivity index (χ2v) is 5.83. The molecular formula is C16H19BrN2O. The van der Waals surface area contributed by atoms with E-state index in [1.54, 1.807) is 0 Å². The lowest BCUT2D eigenvalue weighted by molar-refractivity contribution is 0.0990. The monoisotopic (exact) mass is 334 g/mol. The molecule has 0 aliphatic carbocycles. The number of aromatic nitrogens is 2. The lowest BCUT2D eigenvalue weighted by atomic mass is 10.0. The molecule has 0 unspecified atom stereocenters. The average molecular weight is 335 g/mol. The lowest BCUT2D eigenvalue weighted by Gasteiger charge is -2.05. The number of hydrogen-bond acceptors (Lipinski definition) is 2. The Labute approximate surface area is 128 Å². The van der Waals surface area contributed by atoms with Gasteiger partial charge in [-0.25, -0.2) is 0 Å². The van der Waals surface area contributed by atoms with E-state index in [0.29, 0.717) is 6.42 Å². The number of rotatable bonds is 5. The third-order valence-electron chi connectivity index (χ3n) is 3.28. The van der Waals surface area contributed by atoms with Gasteiger partial charge in [0, 0.05) is 22.3 Å². The highest BCUT2D eigenvalue weighted by atomic mass is 79.9. The maximum absolute atomic E-state index is 12.4. The Morgan fingerprint density at radius 2 is 2.00 bits per heavy atom. The van der Waals surface area contributed by atoms with E-state index in [0.717, 1.165) is 40.0 Å². The van der Waals surface area contributed by atoms with Crippen molar-refractivity contribution in [2.75, 3.05) is 0 Å². The molecule has 20 heavy (non-hydrogen) atoms. The zero-order valence-corrected chi connectivity index (χ0v) is 13.7. The number of ketones is 1. The molecular weight excluding hydrogens is 316 g/mol. The van der Waals surface area contributed by atoms with Gasteiger partial charge in [0.05, 0.1) is 12.1 Å². The second kappa shape index (κ2) is 6.35. The minimum absolute atomic E-state index is 0.131. The SMILES string of the molecule is CCc1cc(CC(=O)c2cc(C)cc(Br)c2)n(CC)n1. The van der Waals surface area contributed by atoms with Crippen LogP contribution in [0.25, 0.3) is 0 Å². The molecule has 1 aromatic heterocycles. The first-order valence-corrected chi connectivity index (χ1v) is 7.68. The summed E-state index contributed by atoms with van der Waals surface area (Å²) in [5.74, 6) is 0.131. The van der Waals surface area contributed by atoms with Crippen LogP contribution in [-0.2, 0) is 19.4 Å². The van der Waals surface area contributed by atoms with E-state index in [2.05, 4.69) is 28.0 Å². The van der Waals surface area contributed by atoms with Crippen LogP contribution in [0.2, 0.25) is 0 Å². The number of Topliss-reactive ketones (excluding diaryl/α,β-unsaturated/α-hetero) is 1. The van der Waals surface area contributed by atoms with Gasteiger partial charge in [0.15, 0.2) is 5.78 Å². The first kappa shape index (κ1) is 15.0. The molecule has 1 aromatic carbocycles. The number of benzene rings is 1. The molecule has 0 bridgehead atoms. The van der Waals surface area contributed by atoms with E-state index in [1.165, 1.54) is 0 Å². The molecule has 3 nitrogen and oxygen atoms in total. The summed E-state index contributed by atoms with van der Waals surface area (Å²) in [6, 6.07) is 7.84. The Bertz CT molecular complexity index is 611. The van der Waals surface area contributed by atoms with Gasteiger partial charge in [-0.15, -0.1) is 0 Å². The van der Waals surface area contributed by atoms with Crippen molar-refractivity contribution in [2.45, 2.75) is 40.2 Å². The molecule has 0 amide bonds. The minimum Gasteiger partial charge on any atom is -0.294 e. The largest absolute Gasteiger partial charge is 0.294 e. The number of carbonyl (C=O) groups is 1. The fourth-order valence-electron chi connectivity index (χ4n) is 2.27. The first-order chi connectivity index (χ1) is 9.53. The van der Waals surface area contributed by atoms with Crippen LogP contribution in [0.3, 0.4) is 0 Å². The van der Waals surface area contributed by atoms with E-state index in [-0.39, 0.29) is 5.78 Å². The van der Waals surface area contributed by atoms with Crippen molar-refractivity contribution in [3.05, 3.63) is 51.3 Å². The fourth-order valence-corrected chi connectivity index (χ4v) is 2.88. The summed E-state index contributed by atoms with van der Waals surface area (Å²) in [5, 5.41) is 4.48. The summed E-state index contributed by atoms with van der Waals surface area (Å²) in [6.07, 6.45) is 1.29. The van der Waals surface area contributed by atoms with Gasteiger partial charge >= 0.3 is 0 Å². The summed E-state index contributed by atoms with van der Waals surface area (Å²) in [6.45, 7) is 6.91. The van der Waals surface area contributed by atoms with Gasteiger partial charge in [-0.3, -0.25) is 9.48 Å². The number of nitrogens with zero attached hydrogens (tertiary/aromatic N) is 2. The van der Waals surface area contributed by atoms with Gasteiger partial charge in [-0.1, -0.05) is 22.9 Å². The summed E-state index contributed by atoms with van der Waals surface area (Å²) >= 11 is 3.44. The molecule has 0 fully saturated rings.